The zero-order chi connectivity index (χ0) is 13.8. The highest BCUT2D eigenvalue weighted by molar-refractivity contribution is 6.33. The minimum atomic E-state index is -0.374. The van der Waals surface area contributed by atoms with Crippen molar-refractivity contribution in [2.45, 2.75) is 6.42 Å². The molecule has 0 unspecified atom stereocenters. The first-order valence-corrected chi connectivity index (χ1v) is 5.85. The largest absolute Gasteiger partial charge is 0.508 e. The normalized spacial score (nSPS) is 10.2. The topological polar surface area (TPSA) is 72.3 Å². The second kappa shape index (κ2) is 5.67. The molecule has 2 rings (SSSR count). The van der Waals surface area contributed by atoms with Crippen molar-refractivity contribution >= 4 is 17.6 Å². The van der Waals surface area contributed by atoms with Crippen molar-refractivity contribution in [2.75, 3.05) is 7.11 Å². The molecule has 98 valence electrons. The summed E-state index contributed by atoms with van der Waals surface area (Å²) in [6, 6.07) is 6.16. The molecule has 1 aromatic heterocycles. The van der Waals surface area contributed by atoms with E-state index in [4.69, 9.17) is 11.6 Å². The van der Waals surface area contributed by atoms with E-state index in [1.807, 2.05) is 0 Å². The van der Waals surface area contributed by atoms with Gasteiger partial charge in [-0.25, -0.2) is 9.97 Å². The summed E-state index contributed by atoms with van der Waals surface area (Å²) in [6.45, 7) is 0. The van der Waals surface area contributed by atoms with Crippen LogP contribution in [0.3, 0.4) is 0 Å². The fourth-order valence-corrected chi connectivity index (χ4v) is 1.79. The molecule has 1 N–H and O–H groups in total. The van der Waals surface area contributed by atoms with Gasteiger partial charge >= 0.3 is 5.97 Å². The number of aromatic hydroxyl groups is 1. The lowest BCUT2D eigenvalue weighted by molar-refractivity contribution is -0.139. The van der Waals surface area contributed by atoms with E-state index in [2.05, 4.69) is 14.7 Å². The molecule has 0 radical (unpaired) electrons. The van der Waals surface area contributed by atoms with Crippen LogP contribution in [0.2, 0.25) is 5.02 Å². The average molecular weight is 279 g/mol. The lowest BCUT2D eigenvalue weighted by Gasteiger charge is -2.05. The van der Waals surface area contributed by atoms with Gasteiger partial charge in [-0.2, -0.15) is 0 Å². The molecule has 19 heavy (non-hydrogen) atoms. The Morgan fingerprint density at radius 3 is 2.89 bits per heavy atom. The highest BCUT2D eigenvalue weighted by Crippen LogP contribution is 2.28. The zero-order valence-electron chi connectivity index (χ0n) is 10.1. The van der Waals surface area contributed by atoms with Crippen LogP contribution in [0.15, 0.2) is 30.5 Å². The molecular weight excluding hydrogens is 268 g/mol. The van der Waals surface area contributed by atoms with Crippen LogP contribution in [0.1, 0.15) is 5.69 Å². The summed E-state index contributed by atoms with van der Waals surface area (Å²) >= 11 is 6.02. The number of hydrogen-bond donors (Lipinski definition) is 1. The van der Waals surface area contributed by atoms with Crippen LogP contribution in [0.4, 0.5) is 0 Å². The van der Waals surface area contributed by atoms with E-state index in [1.54, 1.807) is 18.3 Å². The molecule has 0 aliphatic rings. The first-order valence-electron chi connectivity index (χ1n) is 5.48. The molecule has 0 bridgehead atoms. The van der Waals surface area contributed by atoms with E-state index in [0.717, 1.165) is 0 Å². The van der Waals surface area contributed by atoms with E-state index in [9.17, 15) is 9.90 Å². The number of carbonyl (C=O) groups excluding carboxylic acids is 1. The van der Waals surface area contributed by atoms with E-state index in [0.29, 0.717) is 22.1 Å². The van der Waals surface area contributed by atoms with Crippen LogP contribution in [-0.2, 0) is 16.0 Å². The Hall–Kier alpha value is -2.14. The van der Waals surface area contributed by atoms with Crippen molar-refractivity contribution < 1.29 is 14.6 Å². The number of carbonyl (C=O) groups is 1. The molecule has 1 aromatic carbocycles. The first-order chi connectivity index (χ1) is 9.10. The van der Waals surface area contributed by atoms with Crippen LogP contribution in [-0.4, -0.2) is 28.2 Å². The predicted molar refractivity (Wildman–Crippen MR) is 69.9 cm³/mol. The van der Waals surface area contributed by atoms with Crippen LogP contribution >= 0.6 is 11.6 Å². The Morgan fingerprint density at radius 1 is 1.42 bits per heavy atom. The van der Waals surface area contributed by atoms with Crippen molar-refractivity contribution in [3.63, 3.8) is 0 Å². The van der Waals surface area contributed by atoms with Gasteiger partial charge in [-0.05, 0) is 24.3 Å². The molecule has 0 atom stereocenters. The number of aromatic nitrogens is 2. The number of rotatable bonds is 3. The summed E-state index contributed by atoms with van der Waals surface area (Å²) in [5.41, 5.74) is 1.13. The quantitative estimate of drug-likeness (QED) is 0.872. The summed E-state index contributed by atoms with van der Waals surface area (Å²) in [7, 11) is 1.32. The minimum Gasteiger partial charge on any atom is -0.508 e. The van der Waals surface area contributed by atoms with Crippen molar-refractivity contribution in [2.24, 2.45) is 0 Å². The fourth-order valence-electron chi connectivity index (χ4n) is 1.53. The van der Waals surface area contributed by atoms with Crippen molar-refractivity contribution in [3.8, 4) is 17.1 Å². The lowest BCUT2D eigenvalue weighted by Crippen LogP contribution is -2.07. The Bertz CT molecular complexity index is 617. The SMILES string of the molecule is COC(=O)Cc1ccnc(-c2ccc(O)cc2Cl)n1. The highest BCUT2D eigenvalue weighted by Gasteiger charge is 2.10. The average Bonchev–Trinajstić information content (AvgIpc) is 2.39. The molecular formula is C13H11ClN2O3. The molecule has 0 saturated heterocycles. The van der Waals surface area contributed by atoms with Gasteiger partial charge in [0.15, 0.2) is 5.82 Å². The Kier molecular flexibility index (Phi) is 3.97. The van der Waals surface area contributed by atoms with Crippen molar-refractivity contribution in [3.05, 3.63) is 41.2 Å². The molecule has 0 aliphatic heterocycles. The van der Waals surface area contributed by atoms with Gasteiger partial charge in [0.05, 0.1) is 24.2 Å². The van der Waals surface area contributed by atoms with Crippen LogP contribution in [0, 0.1) is 0 Å². The summed E-state index contributed by atoms with van der Waals surface area (Å²) in [5.74, 6) is 0.0901. The second-order valence-electron chi connectivity index (χ2n) is 3.79. The van der Waals surface area contributed by atoms with Crippen molar-refractivity contribution in [1.29, 1.82) is 0 Å². The van der Waals surface area contributed by atoms with Crippen LogP contribution in [0.5, 0.6) is 5.75 Å². The Morgan fingerprint density at radius 2 is 2.21 bits per heavy atom. The third-order valence-corrected chi connectivity index (χ3v) is 2.77. The lowest BCUT2D eigenvalue weighted by atomic mass is 10.2. The van der Waals surface area contributed by atoms with Gasteiger partial charge in [0.2, 0.25) is 0 Å². The second-order valence-corrected chi connectivity index (χ2v) is 4.20. The molecule has 0 saturated carbocycles. The minimum absolute atomic E-state index is 0.0689. The third-order valence-electron chi connectivity index (χ3n) is 2.46. The molecule has 5 nitrogen and oxygen atoms in total. The van der Waals surface area contributed by atoms with Gasteiger partial charge in [0, 0.05) is 11.8 Å². The molecule has 0 fully saturated rings. The number of ether oxygens (including phenoxy) is 1. The van der Waals surface area contributed by atoms with Gasteiger partial charge in [0.1, 0.15) is 5.75 Å². The summed E-state index contributed by atoms with van der Waals surface area (Å²) in [4.78, 5) is 19.5. The molecule has 2 aromatic rings. The van der Waals surface area contributed by atoms with E-state index >= 15 is 0 Å². The number of phenolic OH excluding ortho intramolecular Hbond substituents is 1. The van der Waals surface area contributed by atoms with Gasteiger partial charge < -0.3 is 9.84 Å². The molecule has 0 spiro atoms. The van der Waals surface area contributed by atoms with Gasteiger partial charge in [-0.1, -0.05) is 11.6 Å². The number of hydrogen-bond acceptors (Lipinski definition) is 5. The van der Waals surface area contributed by atoms with E-state index in [-0.39, 0.29) is 18.1 Å². The number of methoxy groups -OCH3 is 1. The smallest absolute Gasteiger partial charge is 0.311 e. The zero-order valence-corrected chi connectivity index (χ0v) is 10.9. The third kappa shape index (κ3) is 3.20. The Balaban J connectivity index is 2.35. The fraction of sp³-hybridized carbons (Fsp3) is 0.154. The summed E-state index contributed by atoms with van der Waals surface area (Å²) in [6.07, 6.45) is 1.62. The van der Waals surface area contributed by atoms with E-state index in [1.165, 1.54) is 19.2 Å². The maximum atomic E-state index is 11.2. The first kappa shape index (κ1) is 13.3. The predicted octanol–water partition coefficient (Wildman–Crippen LogP) is 2.22. The summed E-state index contributed by atoms with van der Waals surface area (Å²) in [5, 5.41) is 9.65. The maximum absolute atomic E-state index is 11.2. The molecule has 0 aliphatic carbocycles. The Labute approximate surface area is 114 Å². The molecule has 1 heterocycles. The van der Waals surface area contributed by atoms with E-state index < -0.39 is 0 Å². The number of benzene rings is 1. The number of phenols is 1. The number of esters is 1. The van der Waals surface area contributed by atoms with Gasteiger partial charge in [-0.15, -0.1) is 0 Å². The monoisotopic (exact) mass is 278 g/mol. The molecule has 6 heteroatoms. The van der Waals surface area contributed by atoms with Gasteiger partial charge in [0.25, 0.3) is 0 Å². The van der Waals surface area contributed by atoms with Gasteiger partial charge in [-0.3, -0.25) is 4.79 Å². The number of nitrogens with zero attached hydrogens (tertiary/aromatic N) is 2. The maximum Gasteiger partial charge on any atom is 0.311 e. The van der Waals surface area contributed by atoms with Crippen LogP contribution in [0.25, 0.3) is 11.4 Å². The van der Waals surface area contributed by atoms with Crippen LogP contribution < -0.4 is 0 Å². The highest BCUT2D eigenvalue weighted by atomic mass is 35.5. The molecule has 0 amide bonds. The van der Waals surface area contributed by atoms with Crippen molar-refractivity contribution in [1.82, 2.24) is 9.97 Å². The standard InChI is InChI=1S/C13H11ClN2O3/c1-19-12(18)6-8-4-5-15-13(16-8)10-3-2-9(17)7-11(10)14/h2-5,7,17H,6H2,1H3. The number of halogens is 1. The summed E-state index contributed by atoms with van der Waals surface area (Å²) < 4.78 is 4.58.